The maximum absolute atomic E-state index is 5.78. The van der Waals surface area contributed by atoms with E-state index in [1.54, 1.807) is 0 Å². The molecule has 0 amide bonds. The number of ether oxygens (including phenoxy) is 2. The van der Waals surface area contributed by atoms with Gasteiger partial charge in [0.2, 0.25) is 5.95 Å². The van der Waals surface area contributed by atoms with Gasteiger partial charge in [-0.25, -0.2) is 4.98 Å². The average Bonchev–Trinajstić information content (AvgIpc) is 2.74. The number of aromatic nitrogens is 2. The topological polar surface area (TPSA) is 54.0 Å². The number of fused-ring (bicyclic) bond motifs is 1. The highest BCUT2D eigenvalue weighted by molar-refractivity contribution is 5.48. The normalized spacial score (nSPS) is 30.8. The fraction of sp³-hybridized carbons (Fsp3) is 0.818. The molecule has 0 radical (unpaired) electrons. The van der Waals surface area contributed by atoms with E-state index in [2.05, 4.69) is 26.6 Å². The van der Waals surface area contributed by atoms with Gasteiger partial charge in [0.05, 0.1) is 19.8 Å². The number of anilines is 2. The Balaban J connectivity index is 1.51. The van der Waals surface area contributed by atoms with Crippen molar-refractivity contribution in [1.29, 1.82) is 0 Å². The standard InChI is InChI=1S/C22H37N5O2/c1-17-14-23-21(24-20(17)25(2)3)27-8-6-18-13-19(26-9-11-29-12-10-26)5-7-22(18,15-27)16-28-4/h14,18-19H,5-13,15-16H2,1-4H3/t18?,19?,22-/m0/s1. The van der Waals surface area contributed by atoms with E-state index in [0.717, 1.165) is 63.3 Å². The van der Waals surface area contributed by atoms with Crippen molar-refractivity contribution in [3.63, 3.8) is 0 Å². The summed E-state index contributed by atoms with van der Waals surface area (Å²) in [5.74, 6) is 2.58. The molecule has 2 unspecified atom stereocenters. The zero-order chi connectivity index (χ0) is 20.4. The van der Waals surface area contributed by atoms with E-state index < -0.39 is 0 Å². The van der Waals surface area contributed by atoms with Gasteiger partial charge in [0, 0.05) is 70.6 Å². The first-order chi connectivity index (χ1) is 14.0. The average molecular weight is 404 g/mol. The Morgan fingerprint density at radius 2 is 2.03 bits per heavy atom. The molecule has 0 bridgehead atoms. The Kier molecular flexibility index (Phi) is 6.27. The summed E-state index contributed by atoms with van der Waals surface area (Å²) in [4.78, 5) is 16.7. The molecule has 3 heterocycles. The Morgan fingerprint density at radius 1 is 1.24 bits per heavy atom. The molecule has 3 atom stereocenters. The molecule has 0 N–H and O–H groups in total. The summed E-state index contributed by atoms with van der Waals surface area (Å²) < 4.78 is 11.3. The lowest BCUT2D eigenvalue weighted by atomic mass is 9.62. The van der Waals surface area contributed by atoms with Crippen LogP contribution in [0.2, 0.25) is 0 Å². The second-order valence-corrected chi connectivity index (χ2v) is 9.35. The molecule has 162 valence electrons. The second-order valence-electron chi connectivity index (χ2n) is 9.35. The van der Waals surface area contributed by atoms with Gasteiger partial charge < -0.3 is 19.3 Å². The summed E-state index contributed by atoms with van der Waals surface area (Å²) >= 11 is 0. The van der Waals surface area contributed by atoms with Gasteiger partial charge in [-0.05, 0) is 38.5 Å². The van der Waals surface area contributed by atoms with Gasteiger partial charge in [-0.1, -0.05) is 0 Å². The van der Waals surface area contributed by atoms with Gasteiger partial charge in [0.15, 0.2) is 0 Å². The van der Waals surface area contributed by atoms with E-state index in [4.69, 9.17) is 14.5 Å². The quantitative estimate of drug-likeness (QED) is 0.747. The van der Waals surface area contributed by atoms with E-state index in [-0.39, 0.29) is 5.41 Å². The molecule has 1 saturated carbocycles. The molecule has 7 heteroatoms. The highest BCUT2D eigenvalue weighted by Gasteiger charge is 2.48. The van der Waals surface area contributed by atoms with Crippen molar-refractivity contribution in [3.8, 4) is 0 Å². The molecule has 0 aromatic carbocycles. The van der Waals surface area contributed by atoms with Crippen LogP contribution >= 0.6 is 0 Å². The molecule has 1 aliphatic carbocycles. The number of piperidine rings is 1. The first-order valence-electron chi connectivity index (χ1n) is 11.1. The van der Waals surface area contributed by atoms with Crippen LogP contribution in [-0.2, 0) is 9.47 Å². The monoisotopic (exact) mass is 403 g/mol. The van der Waals surface area contributed by atoms with E-state index >= 15 is 0 Å². The smallest absolute Gasteiger partial charge is 0.227 e. The number of aryl methyl sites for hydroxylation is 1. The summed E-state index contributed by atoms with van der Waals surface area (Å²) in [6, 6.07) is 0.705. The van der Waals surface area contributed by atoms with Crippen molar-refractivity contribution in [3.05, 3.63) is 11.8 Å². The molecule has 3 fully saturated rings. The van der Waals surface area contributed by atoms with Crippen LogP contribution in [0.3, 0.4) is 0 Å². The van der Waals surface area contributed by atoms with E-state index in [1.165, 1.54) is 25.7 Å². The molecule has 2 saturated heterocycles. The van der Waals surface area contributed by atoms with Gasteiger partial charge >= 0.3 is 0 Å². The fourth-order valence-corrected chi connectivity index (χ4v) is 5.75. The number of rotatable bonds is 5. The summed E-state index contributed by atoms with van der Waals surface area (Å²) in [6.07, 6.45) is 6.91. The van der Waals surface area contributed by atoms with Crippen molar-refractivity contribution < 1.29 is 9.47 Å². The van der Waals surface area contributed by atoms with Crippen LogP contribution in [0, 0.1) is 18.3 Å². The second kappa shape index (κ2) is 8.74. The minimum atomic E-state index is 0.211. The zero-order valence-electron chi connectivity index (χ0n) is 18.6. The molecule has 3 aliphatic rings. The summed E-state index contributed by atoms with van der Waals surface area (Å²) in [6.45, 7) is 8.88. The minimum Gasteiger partial charge on any atom is -0.384 e. The van der Waals surface area contributed by atoms with Crippen LogP contribution < -0.4 is 9.80 Å². The Bertz CT molecular complexity index is 694. The fourth-order valence-electron chi connectivity index (χ4n) is 5.75. The maximum atomic E-state index is 5.78. The molecular weight excluding hydrogens is 366 g/mol. The number of nitrogens with zero attached hydrogens (tertiary/aromatic N) is 5. The highest BCUT2D eigenvalue weighted by Crippen LogP contribution is 2.48. The lowest BCUT2D eigenvalue weighted by molar-refractivity contribution is -0.0541. The van der Waals surface area contributed by atoms with Gasteiger partial charge in [-0.15, -0.1) is 0 Å². The Labute approximate surface area is 175 Å². The maximum Gasteiger partial charge on any atom is 0.227 e. The Hall–Kier alpha value is -1.44. The van der Waals surface area contributed by atoms with Crippen molar-refractivity contribution in [2.45, 2.75) is 38.6 Å². The summed E-state index contributed by atoms with van der Waals surface area (Å²) in [5.41, 5.74) is 1.33. The van der Waals surface area contributed by atoms with Crippen LogP contribution in [0.4, 0.5) is 11.8 Å². The third-order valence-electron chi connectivity index (χ3n) is 7.28. The third kappa shape index (κ3) is 4.23. The SMILES string of the molecule is COC[C@@]12CCC(N3CCOCC3)CC1CCN(c1ncc(C)c(N(C)C)n1)C2. The van der Waals surface area contributed by atoms with Crippen LogP contribution in [0.25, 0.3) is 0 Å². The number of morpholine rings is 1. The van der Waals surface area contributed by atoms with E-state index in [9.17, 15) is 0 Å². The van der Waals surface area contributed by atoms with Crippen molar-refractivity contribution in [1.82, 2.24) is 14.9 Å². The van der Waals surface area contributed by atoms with Crippen LogP contribution in [0.1, 0.15) is 31.2 Å². The molecule has 1 aromatic heterocycles. The number of methoxy groups -OCH3 is 1. The first kappa shape index (κ1) is 20.8. The molecule has 0 spiro atoms. The largest absolute Gasteiger partial charge is 0.384 e. The van der Waals surface area contributed by atoms with Crippen LogP contribution in [0.15, 0.2) is 6.20 Å². The van der Waals surface area contributed by atoms with Crippen LogP contribution in [0.5, 0.6) is 0 Å². The predicted octanol–water partition coefficient (Wildman–Crippen LogP) is 2.19. The zero-order valence-corrected chi connectivity index (χ0v) is 18.6. The van der Waals surface area contributed by atoms with E-state index in [1.807, 2.05) is 27.4 Å². The molecule has 2 aliphatic heterocycles. The molecular formula is C22H37N5O2. The van der Waals surface area contributed by atoms with Gasteiger partial charge in [-0.3, -0.25) is 4.90 Å². The van der Waals surface area contributed by atoms with Crippen molar-refractivity contribution in [2.75, 3.05) is 77.0 Å². The lowest BCUT2D eigenvalue weighted by Crippen LogP contribution is -2.57. The highest BCUT2D eigenvalue weighted by atomic mass is 16.5. The van der Waals surface area contributed by atoms with Gasteiger partial charge in [0.25, 0.3) is 0 Å². The summed E-state index contributed by atoms with van der Waals surface area (Å²) in [7, 11) is 5.95. The van der Waals surface area contributed by atoms with Gasteiger partial charge in [-0.2, -0.15) is 4.98 Å². The first-order valence-corrected chi connectivity index (χ1v) is 11.1. The third-order valence-corrected chi connectivity index (χ3v) is 7.28. The molecule has 7 nitrogen and oxygen atoms in total. The molecule has 1 aromatic rings. The number of hydrogen-bond acceptors (Lipinski definition) is 7. The van der Waals surface area contributed by atoms with E-state index in [0.29, 0.717) is 12.0 Å². The predicted molar refractivity (Wildman–Crippen MR) is 116 cm³/mol. The van der Waals surface area contributed by atoms with Crippen LogP contribution in [-0.4, -0.2) is 88.1 Å². The lowest BCUT2D eigenvalue weighted by Gasteiger charge is -2.54. The van der Waals surface area contributed by atoms with Gasteiger partial charge in [0.1, 0.15) is 5.82 Å². The van der Waals surface area contributed by atoms with Crippen molar-refractivity contribution in [2.24, 2.45) is 11.3 Å². The Morgan fingerprint density at radius 3 is 2.76 bits per heavy atom. The minimum absolute atomic E-state index is 0.211. The van der Waals surface area contributed by atoms with Crippen molar-refractivity contribution >= 4 is 11.8 Å². The molecule has 29 heavy (non-hydrogen) atoms. The molecule has 4 rings (SSSR count). The number of hydrogen-bond donors (Lipinski definition) is 0. The summed E-state index contributed by atoms with van der Waals surface area (Å²) in [5, 5.41) is 0.